The topological polar surface area (TPSA) is 97.7 Å². The molecule has 0 aliphatic carbocycles. The smallest absolute Gasteiger partial charge is 0.378 e. The Morgan fingerprint density at radius 3 is 1.85 bits per heavy atom. The summed E-state index contributed by atoms with van der Waals surface area (Å²) in [5.41, 5.74) is 0. The molecule has 4 rings (SSSR count). The normalized spacial score (nSPS) is 14.2. The molecule has 0 heterocycles. The van der Waals surface area contributed by atoms with E-state index in [1.54, 1.807) is 48.5 Å². The Morgan fingerprint density at radius 1 is 0.650 bits per heavy atom. The summed E-state index contributed by atoms with van der Waals surface area (Å²) in [5, 5.41) is -12.0. The lowest BCUT2D eigenvalue weighted by Crippen LogP contribution is -2.61. The minimum Gasteiger partial charge on any atom is -0.378 e. The first-order chi connectivity index (χ1) is 18.5. The van der Waals surface area contributed by atoms with E-state index in [4.69, 9.17) is 4.55 Å². The molecular weight excluding hydrogens is 606 g/mol. The van der Waals surface area contributed by atoms with Gasteiger partial charge < -0.3 is 4.18 Å². The van der Waals surface area contributed by atoms with Crippen molar-refractivity contribution in [1.82, 2.24) is 0 Å². The second-order valence-electron chi connectivity index (χ2n) is 8.19. The van der Waals surface area contributed by atoms with E-state index < -0.39 is 53.3 Å². The van der Waals surface area contributed by atoms with Crippen LogP contribution in [0.5, 0.6) is 5.75 Å². The predicted octanol–water partition coefficient (Wildman–Crippen LogP) is 6.35. The van der Waals surface area contributed by atoms with E-state index in [0.717, 1.165) is 27.8 Å². The van der Waals surface area contributed by atoms with Crippen molar-refractivity contribution in [3.8, 4) is 5.75 Å². The van der Waals surface area contributed by atoms with Gasteiger partial charge in [0.2, 0.25) is 0 Å². The van der Waals surface area contributed by atoms with Crippen molar-refractivity contribution in [2.45, 2.75) is 31.1 Å². The first-order valence-corrected chi connectivity index (χ1v) is 15.0. The van der Waals surface area contributed by atoms with Gasteiger partial charge in [0.15, 0.2) is 14.7 Å². The van der Waals surface area contributed by atoms with Crippen molar-refractivity contribution in [2.75, 3.05) is 0 Å². The molecule has 4 aromatic rings. The lowest BCUT2D eigenvalue weighted by Gasteiger charge is -2.29. The number of hydrogen-bond donors (Lipinski definition) is 1. The molecular formula is C25H17F6O6S3+. The second kappa shape index (κ2) is 10.3. The highest BCUT2D eigenvalue weighted by atomic mass is 32.2. The van der Waals surface area contributed by atoms with Crippen molar-refractivity contribution in [1.29, 1.82) is 0 Å². The molecule has 212 valence electrons. The number of fused-ring (bicyclic) bond motifs is 1. The molecule has 0 saturated heterocycles. The number of halogens is 6. The van der Waals surface area contributed by atoms with Gasteiger partial charge in [-0.2, -0.15) is 43.2 Å². The number of alkyl halides is 6. The summed E-state index contributed by atoms with van der Waals surface area (Å²) >= 11 is 0. The molecule has 1 N–H and O–H groups in total. The van der Waals surface area contributed by atoms with Crippen LogP contribution >= 0.6 is 0 Å². The predicted molar refractivity (Wildman–Crippen MR) is 135 cm³/mol. The summed E-state index contributed by atoms with van der Waals surface area (Å²) in [5.74, 6) is -8.04. The van der Waals surface area contributed by atoms with Crippen LogP contribution in [0.2, 0.25) is 0 Å². The zero-order valence-corrected chi connectivity index (χ0v) is 22.2. The molecule has 0 amide bonds. The SMILES string of the molecule is O=S(=O)(O)C(F)(F)C(F)(F)C(F)(F)S(=O)(=O)Oc1cccc([S+](c2ccccc2)c2cccc3ccccc23)c1. The van der Waals surface area contributed by atoms with Crippen molar-refractivity contribution in [2.24, 2.45) is 0 Å². The molecule has 0 saturated carbocycles. The molecule has 1 atom stereocenters. The van der Waals surface area contributed by atoms with Crippen LogP contribution in [0.15, 0.2) is 112 Å². The first-order valence-electron chi connectivity index (χ1n) is 10.9. The summed E-state index contributed by atoms with van der Waals surface area (Å²) in [4.78, 5) is 1.71. The summed E-state index contributed by atoms with van der Waals surface area (Å²) in [7, 11) is -15.1. The Balaban J connectivity index is 1.80. The van der Waals surface area contributed by atoms with E-state index in [2.05, 4.69) is 4.18 Å². The Morgan fingerprint density at radius 2 is 1.20 bits per heavy atom. The van der Waals surface area contributed by atoms with Gasteiger partial charge in [0, 0.05) is 11.5 Å². The molecule has 0 aliphatic heterocycles. The molecule has 0 radical (unpaired) electrons. The Kier molecular flexibility index (Phi) is 7.64. The van der Waals surface area contributed by atoms with Crippen LogP contribution < -0.4 is 4.18 Å². The maximum atomic E-state index is 14.3. The molecule has 4 aromatic carbocycles. The lowest BCUT2D eigenvalue weighted by atomic mass is 10.1. The van der Waals surface area contributed by atoms with Crippen molar-refractivity contribution >= 4 is 41.9 Å². The minimum absolute atomic E-state index is 0.286. The van der Waals surface area contributed by atoms with Crippen LogP contribution in [0.25, 0.3) is 10.8 Å². The van der Waals surface area contributed by atoms with Gasteiger partial charge >= 0.3 is 36.7 Å². The van der Waals surface area contributed by atoms with Gasteiger partial charge in [-0.05, 0) is 41.8 Å². The zero-order chi connectivity index (χ0) is 29.6. The summed E-state index contributed by atoms with van der Waals surface area (Å²) in [6.07, 6.45) is 0. The quantitative estimate of drug-likeness (QED) is 0.101. The monoisotopic (exact) mass is 623 g/mol. The molecule has 1 unspecified atom stereocenters. The van der Waals surface area contributed by atoms with E-state index in [1.807, 2.05) is 24.3 Å². The molecule has 0 fully saturated rings. The fraction of sp³-hybridized carbons (Fsp3) is 0.120. The molecule has 0 aromatic heterocycles. The van der Waals surface area contributed by atoms with Crippen molar-refractivity contribution in [3.05, 3.63) is 97.1 Å². The average molecular weight is 624 g/mol. The van der Waals surface area contributed by atoms with Crippen LogP contribution in [0, 0.1) is 0 Å². The first kappa shape index (κ1) is 29.7. The standard InChI is InChI=1S/C25H16F6O6S3/c26-23(27,24(28,29)39(32,33)34)25(30,31)40(35,36)37-18-10-7-13-20(16-18)38(19-11-2-1-3-12-19)22-15-6-9-17-8-4-5-14-21(17)22/h1-16H/p+1. The number of hydrogen-bond acceptors (Lipinski definition) is 5. The molecule has 15 heteroatoms. The van der Waals surface area contributed by atoms with E-state index in [0.29, 0.717) is 4.90 Å². The van der Waals surface area contributed by atoms with Crippen LogP contribution in [0.4, 0.5) is 26.3 Å². The third-order valence-electron chi connectivity index (χ3n) is 5.56. The third-order valence-corrected chi connectivity index (χ3v) is 10.0. The van der Waals surface area contributed by atoms with E-state index >= 15 is 0 Å². The molecule has 6 nitrogen and oxygen atoms in total. The van der Waals surface area contributed by atoms with Gasteiger partial charge in [-0.1, -0.05) is 54.6 Å². The number of benzene rings is 4. The zero-order valence-electron chi connectivity index (χ0n) is 19.7. The summed E-state index contributed by atoms with van der Waals surface area (Å²) in [6, 6.07) is 25.8. The van der Waals surface area contributed by atoms with Gasteiger partial charge in [-0.25, -0.2) is 0 Å². The maximum absolute atomic E-state index is 14.3. The second-order valence-corrected chi connectivity index (χ2v) is 13.2. The molecule has 40 heavy (non-hydrogen) atoms. The minimum atomic E-state index is -7.16. The van der Waals surface area contributed by atoms with Gasteiger partial charge in [0.1, 0.15) is 16.6 Å². The van der Waals surface area contributed by atoms with Gasteiger partial charge in [-0.3, -0.25) is 4.55 Å². The van der Waals surface area contributed by atoms with Crippen molar-refractivity contribution in [3.63, 3.8) is 0 Å². The van der Waals surface area contributed by atoms with Gasteiger partial charge in [0.05, 0.1) is 0 Å². The van der Waals surface area contributed by atoms with Crippen LogP contribution in [-0.4, -0.2) is 37.8 Å². The fourth-order valence-corrected chi connectivity index (χ4v) is 7.34. The molecule has 0 spiro atoms. The van der Waals surface area contributed by atoms with E-state index in [9.17, 15) is 43.2 Å². The maximum Gasteiger partial charge on any atom is 0.450 e. The Labute approximate surface area is 227 Å². The van der Waals surface area contributed by atoms with Crippen LogP contribution in [0.1, 0.15) is 0 Å². The van der Waals surface area contributed by atoms with Gasteiger partial charge in [0.25, 0.3) is 0 Å². The third kappa shape index (κ3) is 5.02. The van der Waals surface area contributed by atoms with Crippen LogP contribution in [-0.2, 0) is 31.1 Å². The van der Waals surface area contributed by atoms with Gasteiger partial charge in [-0.15, -0.1) is 0 Å². The Hall–Kier alpha value is -3.27. The molecule has 0 bridgehead atoms. The number of rotatable bonds is 9. The van der Waals surface area contributed by atoms with Crippen LogP contribution in [0.3, 0.4) is 0 Å². The largest absolute Gasteiger partial charge is 0.450 e. The molecule has 0 aliphatic rings. The van der Waals surface area contributed by atoms with E-state index in [-0.39, 0.29) is 4.90 Å². The average Bonchev–Trinajstić information content (AvgIpc) is 2.88. The highest BCUT2D eigenvalue weighted by Gasteiger charge is 2.83. The highest BCUT2D eigenvalue weighted by molar-refractivity contribution is 7.97. The van der Waals surface area contributed by atoms with Crippen molar-refractivity contribution < 1.29 is 51.9 Å². The fourth-order valence-electron chi connectivity index (χ4n) is 3.64. The highest BCUT2D eigenvalue weighted by Crippen LogP contribution is 2.51. The lowest BCUT2D eigenvalue weighted by molar-refractivity contribution is -0.247. The summed E-state index contributed by atoms with van der Waals surface area (Å²) in [6.45, 7) is 0. The Bertz CT molecular complexity index is 1760. The van der Waals surface area contributed by atoms with E-state index in [1.165, 1.54) is 12.1 Å². The summed E-state index contributed by atoms with van der Waals surface area (Å²) < 4.78 is 142.